The van der Waals surface area contributed by atoms with Gasteiger partial charge in [0.2, 0.25) is 0 Å². The Bertz CT molecular complexity index is 786. The first-order chi connectivity index (χ1) is 12.5. The van der Waals surface area contributed by atoms with E-state index < -0.39 is 6.09 Å². The molecule has 1 atom stereocenters. The molecule has 1 heterocycles. The summed E-state index contributed by atoms with van der Waals surface area (Å²) in [6, 6.07) is 11.5. The second kappa shape index (κ2) is 7.91. The highest BCUT2D eigenvalue weighted by molar-refractivity contribution is 7.14. The molecule has 1 aliphatic rings. The second-order valence-electron chi connectivity index (χ2n) is 6.70. The lowest BCUT2D eigenvalue weighted by Crippen LogP contribution is -2.49. The van der Waals surface area contributed by atoms with Crippen molar-refractivity contribution >= 4 is 23.4 Å². The van der Waals surface area contributed by atoms with E-state index in [4.69, 9.17) is 9.47 Å². The van der Waals surface area contributed by atoms with Crippen LogP contribution >= 0.6 is 11.3 Å². The van der Waals surface area contributed by atoms with Gasteiger partial charge in [0.25, 0.3) is 0 Å². The van der Waals surface area contributed by atoms with Crippen LogP contribution < -0.4 is 5.32 Å². The number of ether oxygens (including phenoxy) is 2. The lowest BCUT2D eigenvalue weighted by Gasteiger charge is -2.34. The molecule has 138 valence electrons. The zero-order valence-electron chi connectivity index (χ0n) is 15.0. The molecule has 6 heteroatoms. The van der Waals surface area contributed by atoms with Crippen molar-refractivity contribution in [2.45, 2.75) is 45.3 Å². The largest absolute Gasteiger partial charge is 0.462 e. The minimum atomic E-state index is -0.416. The molecule has 1 unspecified atom stereocenters. The van der Waals surface area contributed by atoms with Gasteiger partial charge in [0, 0.05) is 10.4 Å². The summed E-state index contributed by atoms with van der Waals surface area (Å²) >= 11 is 1.49. The number of fused-ring (bicyclic) bond motifs is 1. The van der Waals surface area contributed by atoms with Gasteiger partial charge in [0.1, 0.15) is 11.5 Å². The maximum Gasteiger partial charge on any atom is 0.407 e. The minimum absolute atomic E-state index is 0.249. The molecule has 1 N–H and O–H groups in total. The average Bonchev–Trinajstić information content (AvgIpc) is 3.03. The van der Waals surface area contributed by atoms with E-state index in [0.29, 0.717) is 17.9 Å². The molecule has 3 rings (SSSR count). The first kappa shape index (κ1) is 18.5. The van der Waals surface area contributed by atoms with Crippen molar-refractivity contribution in [3.63, 3.8) is 0 Å². The third kappa shape index (κ3) is 4.43. The van der Waals surface area contributed by atoms with Crippen molar-refractivity contribution in [3.8, 4) is 0 Å². The molecule has 26 heavy (non-hydrogen) atoms. The zero-order chi connectivity index (χ0) is 18.6. The molecular weight excluding hydrogens is 350 g/mol. The van der Waals surface area contributed by atoms with Gasteiger partial charge in [0.15, 0.2) is 0 Å². The van der Waals surface area contributed by atoms with Gasteiger partial charge >= 0.3 is 12.1 Å². The van der Waals surface area contributed by atoms with E-state index in [1.807, 2.05) is 43.3 Å². The van der Waals surface area contributed by atoms with Gasteiger partial charge in [-0.1, -0.05) is 30.3 Å². The molecule has 0 aliphatic heterocycles. The van der Waals surface area contributed by atoms with Crippen LogP contribution in [0.4, 0.5) is 4.79 Å². The van der Waals surface area contributed by atoms with Crippen LogP contribution in [0.15, 0.2) is 36.4 Å². The molecule has 0 saturated carbocycles. The second-order valence-corrected chi connectivity index (χ2v) is 7.84. The molecule has 2 aromatic rings. The Balaban J connectivity index is 1.59. The first-order valence-corrected chi connectivity index (χ1v) is 9.58. The third-order valence-corrected chi connectivity index (χ3v) is 5.69. The van der Waals surface area contributed by atoms with Gasteiger partial charge in [0.05, 0.1) is 6.61 Å². The van der Waals surface area contributed by atoms with Gasteiger partial charge in [-0.15, -0.1) is 11.3 Å². The van der Waals surface area contributed by atoms with Gasteiger partial charge in [-0.3, -0.25) is 0 Å². The highest BCUT2D eigenvalue weighted by Gasteiger charge is 2.33. The van der Waals surface area contributed by atoms with Crippen molar-refractivity contribution in [2.75, 3.05) is 6.61 Å². The van der Waals surface area contributed by atoms with Crippen LogP contribution in [0.1, 0.15) is 45.9 Å². The highest BCUT2D eigenvalue weighted by atomic mass is 32.1. The number of aryl methyl sites for hydroxylation is 1. The van der Waals surface area contributed by atoms with Crippen LogP contribution in [0.3, 0.4) is 0 Å². The monoisotopic (exact) mass is 373 g/mol. The van der Waals surface area contributed by atoms with E-state index in [2.05, 4.69) is 5.32 Å². The van der Waals surface area contributed by atoms with Gasteiger partial charge in [-0.25, -0.2) is 9.59 Å². The maximum atomic E-state index is 12.2. The van der Waals surface area contributed by atoms with E-state index in [9.17, 15) is 9.59 Å². The molecule has 0 saturated heterocycles. The summed E-state index contributed by atoms with van der Waals surface area (Å²) in [7, 11) is 0. The molecule has 1 aromatic heterocycles. The Labute approximate surface area is 157 Å². The normalized spacial score (nSPS) is 18.7. The van der Waals surface area contributed by atoms with E-state index in [-0.39, 0.29) is 18.1 Å². The topological polar surface area (TPSA) is 64.6 Å². The van der Waals surface area contributed by atoms with Crippen LogP contribution in [0.2, 0.25) is 0 Å². The van der Waals surface area contributed by atoms with Gasteiger partial charge in [-0.05, 0) is 50.3 Å². The van der Waals surface area contributed by atoms with Gasteiger partial charge in [-0.2, -0.15) is 0 Å². The van der Waals surface area contributed by atoms with Crippen molar-refractivity contribution in [2.24, 2.45) is 0 Å². The number of rotatable bonds is 5. The number of thiophene rings is 1. The first-order valence-electron chi connectivity index (χ1n) is 8.77. The van der Waals surface area contributed by atoms with Gasteiger partial charge < -0.3 is 14.8 Å². The zero-order valence-corrected chi connectivity index (χ0v) is 15.9. The molecule has 1 amide bonds. The summed E-state index contributed by atoms with van der Waals surface area (Å²) in [6.07, 6.45) is 1.90. The number of hydrogen-bond acceptors (Lipinski definition) is 5. The quantitative estimate of drug-likeness (QED) is 0.802. The van der Waals surface area contributed by atoms with E-state index in [1.165, 1.54) is 16.2 Å². The van der Waals surface area contributed by atoms with Crippen LogP contribution in [0, 0.1) is 0 Å². The Morgan fingerprint density at radius 2 is 2.00 bits per heavy atom. The number of carbonyl (C=O) groups is 2. The SMILES string of the molecule is CCOC(=O)c1cc2c(s1)CCC(C)(NC(=O)OCc1ccccc1)C2. The summed E-state index contributed by atoms with van der Waals surface area (Å²) in [5, 5.41) is 3.00. The summed E-state index contributed by atoms with van der Waals surface area (Å²) in [4.78, 5) is 25.9. The standard InChI is InChI=1S/C20H23NO4S/c1-3-24-18(22)17-11-15-12-20(2,10-9-16(15)26-17)21-19(23)25-13-14-7-5-4-6-8-14/h4-8,11H,3,9-10,12-13H2,1-2H3,(H,21,23). The summed E-state index contributed by atoms with van der Waals surface area (Å²) in [5.41, 5.74) is 1.68. The minimum Gasteiger partial charge on any atom is -0.462 e. The van der Waals surface area contributed by atoms with Crippen LogP contribution in [0.5, 0.6) is 0 Å². The lowest BCUT2D eigenvalue weighted by atomic mass is 9.83. The number of nitrogens with one attached hydrogen (secondary N) is 1. The number of amides is 1. The number of carbonyl (C=O) groups excluding carboxylic acids is 2. The molecule has 5 nitrogen and oxygen atoms in total. The predicted molar refractivity (Wildman–Crippen MR) is 100 cm³/mol. The molecule has 1 aliphatic carbocycles. The maximum absolute atomic E-state index is 12.2. The molecule has 1 aromatic carbocycles. The fourth-order valence-electron chi connectivity index (χ4n) is 3.14. The van der Waals surface area contributed by atoms with E-state index in [1.54, 1.807) is 6.92 Å². The van der Waals surface area contributed by atoms with Crippen LogP contribution in [-0.4, -0.2) is 24.2 Å². The molecule has 0 fully saturated rings. The summed E-state index contributed by atoms with van der Waals surface area (Å²) in [5.74, 6) is -0.274. The molecule has 0 spiro atoms. The molecular formula is C20H23NO4S. The van der Waals surface area contributed by atoms with Crippen LogP contribution in [0.25, 0.3) is 0 Å². The Kier molecular flexibility index (Phi) is 5.61. The predicted octanol–water partition coefficient (Wildman–Crippen LogP) is 4.10. The Hall–Kier alpha value is -2.34. The van der Waals surface area contributed by atoms with Crippen molar-refractivity contribution in [3.05, 3.63) is 57.3 Å². The molecule has 0 radical (unpaired) electrons. The van der Waals surface area contributed by atoms with E-state index in [0.717, 1.165) is 24.0 Å². The number of esters is 1. The van der Waals surface area contributed by atoms with Crippen LogP contribution in [-0.2, 0) is 28.9 Å². The smallest absolute Gasteiger partial charge is 0.407 e. The lowest BCUT2D eigenvalue weighted by molar-refractivity contribution is 0.0532. The number of hydrogen-bond donors (Lipinski definition) is 1. The molecule has 0 bridgehead atoms. The van der Waals surface area contributed by atoms with Crippen molar-refractivity contribution in [1.82, 2.24) is 5.32 Å². The highest BCUT2D eigenvalue weighted by Crippen LogP contribution is 2.34. The Morgan fingerprint density at radius 1 is 1.23 bits per heavy atom. The number of alkyl carbamates (subject to hydrolysis) is 1. The average molecular weight is 373 g/mol. The Morgan fingerprint density at radius 3 is 2.73 bits per heavy atom. The number of benzene rings is 1. The summed E-state index contributed by atoms with van der Waals surface area (Å²) in [6.45, 7) is 4.43. The third-order valence-electron chi connectivity index (χ3n) is 4.47. The summed E-state index contributed by atoms with van der Waals surface area (Å²) < 4.78 is 10.4. The fourth-order valence-corrected chi connectivity index (χ4v) is 4.22. The fraction of sp³-hybridized carbons (Fsp3) is 0.400. The van der Waals surface area contributed by atoms with Crippen molar-refractivity contribution < 1.29 is 19.1 Å². The van der Waals surface area contributed by atoms with E-state index >= 15 is 0 Å². The van der Waals surface area contributed by atoms with Crippen molar-refractivity contribution in [1.29, 1.82) is 0 Å².